The highest BCUT2D eigenvalue weighted by Gasteiger charge is 2.29. The smallest absolute Gasteiger partial charge is 0.0425 e. The molecule has 1 saturated heterocycles. The van der Waals surface area contributed by atoms with Gasteiger partial charge in [-0.25, -0.2) is 0 Å². The minimum absolute atomic E-state index is 0.387. The molecule has 1 aromatic carbocycles. The first-order chi connectivity index (χ1) is 9.49. The summed E-state index contributed by atoms with van der Waals surface area (Å²) in [5, 5.41) is 3.37. The number of nitrogens with zero attached hydrogens (tertiary/aromatic N) is 1. The molecule has 20 heavy (non-hydrogen) atoms. The molecule has 2 rings (SSSR count). The van der Waals surface area contributed by atoms with Gasteiger partial charge in [-0.05, 0) is 49.9 Å². The van der Waals surface area contributed by atoms with Crippen LogP contribution in [0.1, 0.15) is 51.6 Å². The fourth-order valence-corrected chi connectivity index (χ4v) is 3.30. The van der Waals surface area contributed by atoms with Gasteiger partial charge in [0, 0.05) is 29.3 Å². The summed E-state index contributed by atoms with van der Waals surface area (Å²) in [6.07, 6.45) is 3.88. The molecule has 0 bridgehead atoms. The molecule has 0 amide bonds. The topological polar surface area (TPSA) is 15.3 Å². The van der Waals surface area contributed by atoms with Crippen molar-refractivity contribution in [3.8, 4) is 0 Å². The van der Waals surface area contributed by atoms with Crippen LogP contribution in [0.2, 0.25) is 0 Å². The van der Waals surface area contributed by atoms with Crippen molar-refractivity contribution in [2.24, 2.45) is 5.41 Å². The third-order valence-electron chi connectivity index (χ3n) is 5.06. The minimum Gasteiger partial charge on any atom is -0.371 e. The van der Waals surface area contributed by atoms with Crippen LogP contribution >= 0.6 is 15.9 Å². The monoisotopic (exact) mass is 338 g/mol. The van der Waals surface area contributed by atoms with Gasteiger partial charge in [0.05, 0.1) is 0 Å². The molecule has 1 aliphatic rings. The molecule has 0 spiro atoms. The Morgan fingerprint density at radius 2 is 2.00 bits per heavy atom. The maximum absolute atomic E-state index is 3.62. The zero-order chi connectivity index (χ0) is 14.8. The minimum atomic E-state index is 0.387. The molecule has 0 saturated carbocycles. The van der Waals surface area contributed by atoms with Crippen molar-refractivity contribution in [2.45, 2.75) is 46.1 Å². The number of piperidine rings is 1. The molecule has 1 unspecified atom stereocenters. The fourth-order valence-electron chi connectivity index (χ4n) is 2.95. The predicted molar refractivity (Wildman–Crippen MR) is 91.5 cm³/mol. The van der Waals surface area contributed by atoms with Crippen LogP contribution < -0.4 is 10.2 Å². The van der Waals surface area contributed by atoms with Crippen molar-refractivity contribution in [3.63, 3.8) is 0 Å². The molecular weight excluding hydrogens is 312 g/mol. The Morgan fingerprint density at radius 1 is 1.35 bits per heavy atom. The summed E-state index contributed by atoms with van der Waals surface area (Å²) >= 11 is 3.62. The van der Waals surface area contributed by atoms with Gasteiger partial charge in [-0.15, -0.1) is 0 Å². The van der Waals surface area contributed by atoms with Crippen LogP contribution in [0.4, 0.5) is 5.69 Å². The summed E-state index contributed by atoms with van der Waals surface area (Å²) in [5.41, 5.74) is 3.33. The Bertz CT molecular complexity index is 450. The van der Waals surface area contributed by atoms with Crippen molar-refractivity contribution < 1.29 is 0 Å². The first-order valence-electron chi connectivity index (χ1n) is 7.71. The van der Waals surface area contributed by atoms with E-state index < -0.39 is 0 Å². The highest BCUT2D eigenvalue weighted by atomic mass is 79.9. The third-order valence-corrected chi connectivity index (χ3v) is 5.55. The van der Waals surface area contributed by atoms with Gasteiger partial charge in [-0.1, -0.05) is 42.3 Å². The Hall–Kier alpha value is -0.540. The molecular formula is C17H27BrN2. The van der Waals surface area contributed by atoms with E-state index in [2.05, 4.69) is 65.1 Å². The molecule has 0 aliphatic carbocycles. The van der Waals surface area contributed by atoms with E-state index in [1.807, 2.05) is 7.05 Å². The lowest BCUT2D eigenvalue weighted by Gasteiger charge is -2.41. The van der Waals surface area contributed by atoms with Crippen molar-refractivity contribution in [1.29, 1.82) is 0 Å². The first kappa shape index (κ1) is 15.8. The maximum atomic E-state index is 3.62. The van der Waals surface area contributed by atoms with Crippen LogP contribution in [0.15, 0.2) is 22.7 Å². The molecule has 1 atom stereocenters. The van der Waals surface area contributed by atoms with E-state index in [1.54, 1.807) is 0 Å². The Balaban J connectivity index is 2.22. The first-order valence-corrected chi connectivity index (χ1v) is 8.50. The number of rotatable bonds is 4. The van der Waals surface area contributed by atoms with Crippen LogP contribution in [-0.2, 0) is 0 Å². The van der Waals surface area contributed by atoms with E-state index in [4.69, 9.17) is 0 Å². The second kappa shape index (κ2) is 6.48. The summed E-state index contributed by atoms with van der Waals surface area (Å²) in [5.74, 6) is 0. The zero-order valence-electron chi connectivity index (χ0n) is 13.2. The van der Waals surface area contributed by atoms with E-state index >= 15 is 0 Å². The van der Waals surface area contributed by atoms with Crippen LogP contribution in [0.3, 0.4) is 0 Å². The number of hydrogen-bond donors (Lipinski definition) is 1. The number of halogens is 1. The van der Waals surface area contributed by atoms with E-state index in [0.29, 0.717) is 11.5 Å². The molecule has 1 heterocycles. The normalized spacial score (nSPS) is 19.9. The predicted octanol–water partition coefficient (Wildman–Crippen LogP) is 4.75. The highest BCUT2D eigenvalue weighted by molar-refractivity contribution is 9.10. The largest absolute Gasteiger partial charge is 0.371 e. The van der Waals surface area contributed by atoms with Crippen molar-refractivity contribution in [3.05, 3.63) is 28.2 Å². The quantitative estimate of drug-likeness (QED) is 0.852. The molecule has 1 aliphatic heterocycles. The van der Waals surface area contributed by atoms with Crippen LogP contribution in [-0.4, -0.2) is 20.1 Å². The second-order valence-electron chi connectivity index (χ2n) is 6.36. The number of benzene rings is 1. The molecule has 3 heteroatoms. The zero-order valence-corrected chi connectivity index (χ0v) is 14.8. The van der Waals surface area contributed by atoms with Gasteiger partial charge in [0.25, 0.3) is 0 Å². The molecule has 1 aromatic rings. The van der Waals surface area contributed by atoms with Gasteiger partial charge in [0.1, 0.15) is 0 Å². The summed E-state index contributed by atoms with van der Waals surface area (Å²) < 4.78 is 1.17. The van der Waals surface area contributed by atoms with Gasteiger partial charge < -0.3 is 10.2 Å². The maximum Gasteiger partial charge on any atom is 0.0425 e. The summed E-state index contributed by atoms with van der Waals surface area (Å²) in [6.45, 7) is 9.33. The number of nitrogens with one attached hydrogen (secondary N) is 1. The number of anilines is 1. The van der Waals surface area contributed by atoms with E-state index in [0.717, 1.165) is 0 Å². The van der Waals surface area contributed by atoms with Gasteiger partial charge >= 0.3 is 0 Å². The van der Waals surface area contributed by atoms with Gasteiger partial charge in [-0.3, -0.25) is 0 Å². The van der Waals surface area contributed by atoms with Crippen molar-refractivity contribution in [2.75, 3.05) is 25.0 Å². The molecule has 0 radical (unpaired) electrons. The highest BCUT2D eigenvalue weighted by Crippen LogP contribution is 2.38. The lowest BCUT2D eigenvalue weighted by molar-refractivity contribution is 0.238. The van der Waals surface area contributed by atoms with Gasteiger partial charge in [0.15, 0.2) is 0 Å². The van der Waals surface area contributed by atoms with Crippen LogP contribution in [0.25, 0.3) is 0 Å². The van der Waals surface area contributed by atoms with Gasteiger partial charge in [0.2, 0.25) is 0 Å². The second-order valence-corrected chi connectivity index (χ2v) is 7.28. The lowest BCUT2D eigenvalue weighted by Crippen LogP contribution is -2.39. The molecule has 112 valence electrons. The van der Waals surface area contributed by atoms with Crippen molar-refractivity contribution in [1.82, 2.24) is 5.32 Å². The Morgan fingerprint density at radius 3 is 2.55 bits per heavy atom. The molecule has 2 nitrogen and oxygen atoms in total. The fraction of sp³-hybridized carbons (Fsp3) is 0.647. The van der Waals surface area contributed by atoms with Crippen LogP contribution in [0.5, 0.6) is 0 Å². The SMILES string of the molecule is CCC1(C)CCN(c2cc(Br)ccc2C(C)NC)CC1. The standard InChI is InChI=1S/C17H27BrN2/c1-5-17(3)8-10-20(11-9-17)16-12-14(18)6-7-15(16)13(2)19-4/h6-7,12-13,19H,5,8-11H2,1-4H3. The average molecular weight is 339 g/mol. The Kier molecular flexibility index (Phi) is 5.14. The van der Waals surface area contributed by atoms with E-state index in [1.165, 1.54) is 48.1 Å². The number of hydrogen-bond acceptors (Lipinski definition) is 2. The van der Waals surface area contributed by atoms with Gasteiger partial charge in [-0.2, -0.15) is 0 Å². The Labute approximate surface area is 132 Å². The summed E-state index contributed by atoms with van der Waals surface area (Å²) in [4.78, 5) is 2.56. The molecule has 1 N–H and O–H groups in total. The van der Waals surface area contributed by atoms with Crippen LogP contribution in [0, 0.1) is 5.41 Å². The van der Waals surface area contributed by atoms with E-state index in [9.17, 15) is 0 Å². The van der Waals surface area contributed by atoms with E-state index in [-0.39, 0.29) is 0 Å². The lowest BCUT2D eigenvalue weighted by atomic mass is 9.78. The van der Waals surface area contributed by atoms with Crippen molar-refractivity contribution >= 4 is 21.6 Å². The summed E-state index contributed by atoms with van der Waals surface area (Å²) in [6, 6.07) is 7.05. The summed E-state index contributed by atoms with van der Waals surface area (Å²) in [7, 11) is 2.03. The molecule has 1 fully saturated rings. The average Bonchev–Trinajstić information content (AvgIpc) is 2.47. The third kappa shape index (κ3) is 3.37. The molecule has 0 aromatic heterocycles.